The van der Waals surface area contributed by atoms with Crippen LogP contribution in [0.4, 0.5) is 0 Å². The Balaban J connectivity index is -0.000000283. The minimum Gasteiger partial charge on any atom is -0.466 e. The highest BCUT2D eigenvalue weighted by Crippen LogP contribution is 2.06. The van der Waals surface area contributed by atoms with Crippen molar-refractivity contribution in [1.82, 2.24) is 0 Å². The van der Waals surface area contributed by atoms with Crippen LogP contribution in [-0.4, -0.2) is 57.6 Å². The number of esters is 3. The summed E-state index contributed by atoms with van der Waals surface area (Å²) in [6, 6.07) is 0. The lowest BCUT2D eigenvalue weighted by atomic mass is 10.1. The molecule has 0 atom stereocenters. The van der Waals surface area contributed by atoms with Crippen LogP contribution in [0.2, 0.25) is 0 Å². The normalized spacial score (nSPS) is 10.4. The molecule has 0 heterocycles. The van der Waals surface area contributed by atoms with Crippen LogP contribution in [0, 0.1) is 0 Å². The zero-order valence-corrected chi connectivity index (χ0v) is 15.7. The first-order valence-corrected chi connectivity index (χ1v) is 7.48. The van der Waals surface area contributed by atoms with Gasteiger partial charge in [-0.3, -0.25) is 14.4 Å². The van der Waals surface area contributed by atoms with Crippen LogP contribution in [-0.2, 0) is 23.9 Å². The fourth-order valence-corrected chi connectivity index (χ4v) is 0.921. The van der Waals surface area contributed by atoms with E-state index in [0.29, 0.717) is 19.4 Å². The lowest BCUT2D eigenvalue weighted by Gasteiger charge is -2.15. The van der Waals surface area contributed by atoms with Crippen LogP contribution in [0.25, 0.3) is 0 Å². The number of aliphatic hydroxyl groups excluding tert-OH is 1. The molecule has 8 nitrogen and oxygen atoms in total. The maximum absolute atomic E-state index is 10.2. The van der Waals surface area contributed by atoms with Crippen molar-refractivity contribution in [1.29, 1.82) is 0 Å². The summed E-state index contributed by atoms with van der Waals surface area (Å²) in [7, 11) is 0. The summed E-state index contributed by atoms with van der Waals surface area (Å²) in [4.78, 5) is 29.8. The van der Waals surface area contributed by atoms with E-state index in [4.69, 9.17) is 15.3 Å². The predicted octanol–water partition coefficient (Wildman–Crippen LogP) is 0.946. The van der Waals surface area contributed by atoms with Crippen LogP contribution in [0.15, 0.2) is 0 Å². The number of carbonyl (C=O) groups excluding carboxylic acids is 3. The number of ether oxygens (including phenoxy) is 2. The van der Waals surface area contributed by atoms with Crippen LogP contribution in [0.3, 0.4) is 0 Å². The van der Waals surface area contributed by atoms with Gasteiger partial charge in [-0.25, -0.2) is 0 Å². The molecule has 0 aliphatic rings. The summed E-state index contributed by atoms with van der Waals surface area (Å²) in [5.41, 5.74) is -1.44. The molecule has 0 saturated carbocycles. The Morgan fingerprint density at radius 3 is 1.29 bits per heavy atom. The molecule has 3 N–H and O–H groups in total. The van der Waals surface area contributed by atoms with Crippen molar-refractivity contribution in [2.45, 2.75) is 72.5 Å². The molecular formula is C16H32O8. The molecule has 0 aromatic rings. The second-order valence-corrected chi connectivity index (χ2v) is 6.27. The van der Waals surface area contributed by atoms with Gasteiger partial charge in [-0.05, 0) is 34.1 Å². The summed E-state index contributed by atoms with van der Waals surface area (Å²) < 4.78 is 8.59. The highest BCUT2D eigenvalue weighted by molar-refractivity contribution is 5.82. The highest BCUT2D eigenvalue weighted by Gasteiger charge is 2.12. The Labute approximate surface area is 143 Å². The van der Waals surface area contributed by atoms with Gasteiger partial charge in [-0.1, -0.05) is 0 Å². The molecule has 0 spiro atoms. The highest BCUT2D eigenvalue weighted by atomic mass is 16.6. The van der Waals surface area contributed by atoms with Crippen molar-refractivity contribution in [2.24, 2.45) is 0 Å². The second-order valence-electron chi connectivity index (χ2n) is 6.27. The quantitative estimate of drug-likeness (QED) is 0.492. The molecule has 0 aromatic carbocycles. The van der Waals surface area contributed by atoms with Gasteiger partial charge in [-0.15, -0.1) is 0 Å². The van der Waals surface area contributed by atoms with Gasteiger partial charge in [0, 0.05) is 33.8 Å². The molecule has 0 radical (unpaired) electrons. The number of aliphatic hydroxyl groups is 3. The maximum Gasteiger partial charge on any atom is 0.310 e. The number of carbonyl (C=O) groups is 3. The van der Waals surface area contributed by atoms with Crippen molar-refractivity contribution in [3.05, 3.63) is 0 Å². The summed E-state index contributed by atoms with van der Waals surface area (Å²) >= 11 is 0. The van der Waals surface area contributed by atoms with E-state index in [1.54, 1.807) is 27.7 Å². The first-order chi connectivity index (χ1) is 10.6. The molecule has 0 unspecified atom stereocenters. The van der Waals surface area contributed by atoms with Crippen molar-refractivity contribution in [3.63, 3.8) is 0 Å². The topological polar surface area (TPSA) is 130 Å². The molecular weight excluding hydrogens is 320 g/mol. The lowest BCUT2D eigenvalue weighted by Crippen LogP contribution is -2.21. The number of hydrogen-bond donors (Lipinski definition) is 3. The van der Waals surface area contributed by atoms with Crippen LogP contribution >= 0.6 is 0 Å². The Hall–Kier alpha value is -1.51. The third kappa shape index (κ3) is 42.8. The van der Waals surface area contributed by atoms with Gasteiger partial charge in [0.15, 0.2) is 0 Å². The molecule has 0 fully saturated rings. The molecule has 0 amide bonds. The minimum atomic E-state index is -0.741. The summed E-state index contributed by atoms with van der Waals surface area (Å²) in [6.45, 7) is 10.8. The predicted molar refractivity (Wildman–Crippen MR) is 88.0 cm³/mol. The van der Waals surface area contributed by atoms with E-state index in [9.17, 15) is 14.4 Å². The van der Waals surface area contributed by atoms with Gasteiger partial charge >= 0.3 is 17.9 Å². The third-order valence-electron chi connectivity index (χ3n) is 2.03. The fourth-order valence-electron chi connectivity index (χ4n) is 0.921. The maximum atomic E-state index is 10.2. The fraction of sp³-hybridized carbons (Fsp3) is 0.812. The van der Waals surface area contributed by atoms with E-state index in [2.05, 4.69) is 9.47 Å². The Morgan fingerprint density at radius 2 is 1.17 bits per heavy atom. The zero-order valence-electron chi connectivity index (χ0n) is 15.7. The molecule has 0 rings (SSSR count). The third-order valence-corrected chi connectivity index (χ3v) is 2.03. The van der Waals surface area contributed by atoms with Gasteiger partial charge in [0.2, 0.25) is 0 Å². The van der Waals surface area contributed by atoms with Crippen molar-refractivity contribution in [3.8, 4) is 0 Å². The van der Waals surface area contributed by atoms with Gasteiger partial charge in [0.05, 0.1) is 17.8 Å². The molecule has 0 aliphatic carbocycles. The Kier molecular flexibility index (Phi) is 15.8. The molecule has 8 heteroatoms. The van der Waals surface area contributed by atoms with Crippen LogP contribution in [0.5, 0.6) is 0 Å². The largest absolute Gasteiger partial charge is 0.466 e. The summed E-state index contributed by atoms with van der Waals surface area (Å²) in [5, 5.41) is 26.2. The summed E-state index contributed by atoms with van der Waals surface area (Å²) in [6.07, 6.45) is 0.930. The SMILES string of the molecule is CC(=O)OC(C)=O.CC(=O)OCCC(C)(C)O.CC(C)(O)CCO. The molecule has 0 aromatic heterocycles. The number of hydrogen-bond acceptors (Lipinski definition) is 8. The van der Waals surface area contributed by atoms with Crippen molar-refractivity contribution in [2.75, 3.05) is 13.2 Å². The Morgan fingerprint density at radius 1 is 0.792 bits per heavy atom. The zero-order chi connectivity index (χ0) is 20.0. The first-order valence-electron chi connectivity index (χ1n) is 7.48. The van der Waals surface area contributed by atoms with Crippen molar-refractivity contribution < 1.29 is 39.2 Å². The first kappa shape index (κ1) is 27.3. The van der Waals surface area contributed by atoms with E-state index in [1.807, 2.05) is 0 Å². The van der Waals surface area contributed by atoms with Gasteiger partial charge in [-0.2, -0.15) is 0 Å². The minimum absolute atomic E-state index is 0.0590. The van der Waals surface area contributed by atoms with E-state index in [0.717, 1.165) is 0 Å². The van der Waals surface area contributed by atoms with Gasteiger partial charge in [0.25, 0.3) is 0 Å². The van der Waals surface area contributed by atoms with Crippen LogP contribution in [0.1, 0.15) is 61.3 Å². The van der Waals surface area contributed by atoms with E-state index < -0.39 is 23.1 Å². The standard InChI is InChI=1S/C7H14O3.C5H12O2.C4H6O3/c1-6(8)10-5-4-7(2,3)9;1-5(2,7)3-4-6;1-3(5)7-4(2)6/h9H,4-5H2,1-3H3;6-7H,3-4H2,1-2H3;1-2H3. The molecule has 24 heavy (non-hydrogen) atoms. The molecule has 0 aliphatic heterocycles. The molecule has 144 valence electrons. The average Bonchev–Trinajstić information content (AvgIpc) is 2.23. The second kappa shape index (κ2) is 13.9. The average molecular weight is 352 g/mol. The molecule has 0 bridgehead atoms. The van der Waals surface area contributed by atoms with E-state index in [-0.39, 0.29) is 12.6 Å². The van der Waals surface area contributed by atoms with Crippen LogP contribution < -0.4 is 0 Å². The van der Waals surface area contributed by atoms with E-state index >= 15 is 0 Å². The smallest absolute Gasteiger partial charge is 0.310 e. The van der Waals surface area contributed by atoms with Gasteiger partial charge < -0.3 is 24.8 Å². The Bertz CT molecular complexity index is 351. The molecule has 0 saturated heterocycles. The monoisotopic (exact) mass is 352 g/mol. The van der Waals surface area contributed by atoms with E-state index in [1.165, 1.54) is 20.8 Å². The van der Waals surface area contributed by atoms with Gasteiger partial charge in [0.1, 0.15) is 0 Å². The van der Waals surface area contributed by atoms with Crippen molar-refractivity contribution >= 4 is 17.9 Å². The lowest BCUT2D eigenvalue weighted by molar-refractivity contribution is -0.156. The summed E-state index contributed by atoms with van der Waals surface area (Å²) in [5.74, 6) is -1.43. The number of rotatable bonds is 5.